The molecule has 2 aromatic carbocycles. The van der Waals surface area contributed by atoms with E-state index in [1.54, 1.807) is 18.2 Å². The normalized spacial score (nSPS) is 21.3. The fourth-order valence-corrected chi connectivity index (χ4v) is 2.98. The Balaban J connectivity index is 1.98. The van der Waals surface area contributed by atoms with Crippen LogP contribution in [-0.2, 0) is 0 Å². The maximum atomic E-state index is 12.8. The Morgan fingerprint density at radius 2 is 1.96 bits per heavy atom. The molecule has 128 valence electrons. The molecule has 1 heterocycles. The maximum absolute atomic E-state index is 12.8. The molecule has 1 aliphatic rings. The molecule has 4 nitrogen and oxygen atoms in total. The van der Waals surface area contributed by atoms with Gasteiger partial charge in [-0.15, -0.1) is 0 Å². The molecule has 1 aliphatic heterocycles. The number of amides is 1. The number of β-amino-alcohol motifs (C(OH)–C–C–N with tert-alkyl or cyclic N) is 1. The van der Waals surface area contributed by atoms with Crippen LogP contribution in [0.5, 0.6) is 5.75 Å². The summed E-state index contributed by atoms with van der Waals surface area (Å²) in [4.78, 5) is 14.3. The second-order valence-electron chi connectivity index (χ2n) is 6.16. The van der Waals surface area contributed by atoms with E-state index in [0.29, 0.717) is 13.0 Å². The number of alkyl halides is 2. The average molecular weight is 335 g/mol. The standard InChI is InChI=1S/C18H19F2NO3/c1-11-6-7-21(10-15(11)22)17(23)14-8-12-4-2-3-5-13(12)9-16(14)24-18(19)20/h2-5,8-9,11,15,18,22H,6-7,10H2,1H3. The van der Waals surface area contributed by atoms with Crippen molar-refractivity contribution in [2.45, 2.75) is 26.1 Å². The Kier molecular flexibility index (Phi) is 4.66. The van der Waals surface area contributed by atoms with E-state index < -0.39 is 18.6 Å². The van der Waals surface area contributed by atoms with Crippen molar-refractivity contribution in [3.8, 4) is 5.75 Å². The number of carbonyl (C=O) groups is 1. The van der Waals surface area contributed by atoms with Crippen LogP contribution < -0.4 is 4.74 Å². The molecule has 0 aliphatic carbocycles. The van der Waals surface area contributed by atoms with E-state index in [-0.39, 0.29) is 23.8 Å². The minimum Gasteiger partial charge on any atom is -0.434 e. The summed E-state index contributed by atoms with van der Waals surface area (Å²) in [6, 6.07) is 10.2. The van der Waals surface area contributed by atoms with Crippen LogP contribution in [0, 0.1) is 5.92 Å². The zero-order valence-corrected chi connectivity index (χ0v) is 13.3. The van der Waals surface area contributed by atoms with Crippen molar-refractivity contribution in [2.24, 2.45) is 5.92 Å². The van der Waals surface area contributed by atoms with Gasteiger partial charge in [-0.1, -0.05) is 31.2 Å². The molecule has 6 heteroatoms. The summed E-state index contributed by atoms with van der Waals surface area (Å²) in [7, 11) is 0. The molecule has 0 aromatic heterocycles. The highest BCUT2D eigenvalue weighted by Crippen LogP contribution is 2.30. The quantitative estimate of drug-likeness (QED) is 0.936. The summed E-state index contributed by atoms with van der Waals surface area (Å²) in [6.07, 6.45) is 0.0635. The molecular weight excluding hydrogens is 316 g/mol. The number of likely N-dealkylation sites (tertiary alicyclic amines) is 1. The minimum atomic E-state index is -3.01. The van der Waals surface area contributed by atoms with Gasteiger partial charge in [-0.25, -0.2) is 0 Å². The molecule has 24 heavy (non-hydrogen) atoms. The second kappa shape index (κ2) is 6.73. The van der Waals surface area contributed by atoms with E-state index >= 15 is 0 Å². The number of hydrogen-bond donors (Lipinski definition) is 1. The molecule has 0 spiro atoms. The van der Waals surface area contributed by atoms with Gasteiger partial charge in [-0.2, -0.15) is 8.78 Å². The van der Waals surface area contributed by atoms with Gasteiger partial charge in [0.15, 0.2) is 0 Å². The van der Waals surface area contributed by atoms with Crippen LogP contribution in [0.15, 0.2) is 36.4 Å². The number of fused-ring (bicyclic) bond motifs is 1. The smallest absolute Gasteiger partial charge is 0.387 e. The maximum Gasteiger partial charge on any atom is 0.387 e. The lowest BCUT2D eigenvalue weighted by Gasteiger charge is -2.34. The molecule has 2 unspecified atom stereocenters. The first-order chi connectivity index (χ1) is 11.5. The number of piperidine rings is 1. The Bertz CT molecular complexity index is 750. The van der Waals surface area contributed by atoms with Gasteiger partial charge >= 0.3 is 6.61 Å². The zero-order valence-electron chi connectivity index (χ0n) is 13.3. The summed E-state index contributed by atoms with van der Waals surface area (Å²) in [5, 5.41) is 11.5. The lowest BCUT2D eigenvalue weighted by Crippen LogP contribution is -2.45. The molecule has 2 atom stereocenters. The molecule has 1 N–H and O–H groups in total. The summed E-state index contributed by atoms with van der Waals surface area (Å²) < 4.78 is 30.0. The van der Waals surface area contributed by atoms with Crippen molar-refractivity contribution < 1.29 is 23.4 Å². The number of hydrogen-bond acceptors (Lipinski definition) is 3. The summed E-state index contributed by atoms with van der Waals surface area (Å²) in [6.45, 7) is -0.406. The lowest BCUT2D eigenvalue weighted by atomic mass is 9.95. The van der Waals surface area contributed by atoms with Gasteiger partial charge in [0.25, 0.3) is 5.91 Å². The number of aliphatic hydroxyl groups excluding tert-OH is 1. The van der Waals surface area contributed by atoms with Crippen molar-refractivity contribution in [3.63, 3.8) is 0 Å². The Hall–Kier alpha value is -2.21. The monoisotopic (exact) mass is 335 g/mol. The zero-order chi connectivity index (χ0) is 17.3. The highest BCUT2D eigenvalue weighted by molar-refractivity contribution is 6.01. The van der Waals surface area contributed by atoms with Gasteiger partial charge in [0, 0.05) is 13.1 Å². The van der Waals surface area contributed by atoms with E-state index in [9.17, 15) is 18.7 Å². The predicted octanol–water partition coefficient (Wildman–Crippen LogP) is 3.28. The van der Waals surface area contributed by atoms with Crippen molar-refractivity contribution in [1.82, 2.24) is 4.90 Å². The number of aliphatic hydroxyl groups is 1. The molecule has 2 aromatic rings. The first-order valence-corrected chi connectivity index (χ1v) is 7.90. The number of nitrogens with zero attached hydrogens (tertiary/aromatic N) is 1. The SMILES string of the molecule is CC1CCN(C(=O)c2cc3ccccc3cc2OC(F)F)CC1O. The number of carbonyl (C=O) groups excluding carboxylic acids is 1. The van der Waals surface area contributed by atoms with Crippen LogP contribution >= 0.6 is 0 Å². The lowest BCUT2D eigenvalue weighted by molar-refractivity contribution is -0.0503. The van der Waals surface area contributed by atoms with E-state index in [1.807, 2.05) is 19.1 Å². The predicted molar refractivity (Wildman–Crippen MR) is 86.3 cm³/mol. The first kappa shape index (κ1) is 16.6. The molecule has 3 rings (SSSR count). The van der Waals surface area contributed by atoms with E-state index in [1.165, 1.54) is 11.0 Å². The topological polar surface area (TPSA) is 49.8 Å². The van der Waals surface area contributed by atoms with Crippen LogP contribution in [0.1, 0.15) is 23.7 Å². The average Bonchev–Trinajstić information content (AvgIpc) is 2.55. The number of benzene rings is 2. The molecule has 1 amide bonds. The van der Waals surface area contributed by atoms with Crippen LogP contribution in [0.4, 0.5) is 8.78 Å². The molecule has 1 fully saturated rings. The van der Waals surface area contributed by atoms with Crippen molar-refractivity contribution in [1.29, 1.82) is 0 Å². The summed E-state index contributed by atoms with van der Waals surface area (Å²) in [5.41, 5.74) is 0.0933. The van der Waals surface area contributed by atoms with E-state index in [2.05, 4.69) is 4.74 Å². The van der Waals surface area contributed by atoms with Crippen LogP contribution in [0.2, 0.25) is 0 Å². The third-order valence-corrected chi connectivity index (χ3v) is 4.50. The minimum absolute atomic E-state index is 0.0933. The Labute approximate surface area is 138 Å². The van der Waals surface area contributed by atoms with Gasteiger partial charge in [-0.05, 0) is 35.2 Å². The largest absolute Gasteiger partial charge is 0.434 e. The summed E-state index contributed by atoms with van der Waals surface area (Å²) >= 11 is 0. The third kappa shape index (κ3) is 3.33. The van der Waals surface area contributed by atoms with E-state index in [0.717, 1.165) is 10.8 Å². The van der Waals surface area contributed by atoms with Gasteiger partial charge < -0.3 is 14.7 Å². The molecular formula is C18H19F2NO3. The Morgan fingerprint density at radius 3 is 2.58 bits per heavy atom. The van der Waals surface area contributed by atoms with Crippen LogP contribution in [-0.4, -0.2) is 41.7 Å². The second-order valence-corrected chi connectivity index (χ2v) is 6.16. The van der Waals surface area contributed by atoms with Crippen molar-refractivity contribution >= 4 is 16.7 Å². The van der Waals surface area contributed by atoms with Crippen molar-refractivity contribution in [2.75, 3.05) is 13.1 Å². The molecule has 0 radical (unpaired) electrons. The molecule has 1 saturated heterocycles. The fourth-order valence-electron chi connectivity index (χ4n) is 2.98. The van der Waals surface area contributed by atoms with Gasteiger partial charge in [0.05, 0.1) is 11.7 Å². The third-order valence-electron chi connectivity index (χ3n) is 4.50. The van der Waals surface area contributed by atoms with E-state index in [4.69, 9.17) is 0 Å². The fraction of sp³-hybridized carbons (Fsp3) is 0.389. The van der Waals surface area contributed by atoms with Gasteiger partial charge in [0.2, 0.25) is 0 Å². The van der Waals surface area contributed by atoms with Crippen LogP contribution in [0.25, 0.3) is 10.8 Å². The number of rotatable bonds is 3. The first-order valence-electron chi connectivity index (χ1n) is 7.90. The Morgan fingerprint density at radius 1 is 1.29 bits per heavy atom. The van der Waals surface area contributed by atoms with Crippen molar-refractivity contribution in [3.05, 3.63) is 42.0 Å². The van der Waals surface area contributed by atoms with Gasteiger partial charge in [0.1, 0.15) is 5.75 Å². The van der Waals surface area contributed by atoms with Gasteiger partial charge in [-0.3, -0.25) is 4.79 Å². The van der Waals surface area contributed by atoms with Crippen LogP contribution in [0.3, 0.4) is 0 Å². The highest BCUT2D eigenvalue weighted by Gasteiger charge is 2.29. The number of halogens is 2. The molecule has 0 saturated carbocycles. The molecule has 0 bridgehead atoms. The highest BCUT2D eigenvalue weighted by atomic mass is 19.3. The number of ether oxygens (including phenoxy) is 1. The summed E-state index contributed by atoms with van der Waals surface area (Å²) in [5.74, 6) is -0.424.